The van der Waals surface area contributed by atoms with Gasteiger partial charge in [0.15, 0.2) is 5.13 Å². The van der Waals surface area contributed by atoms with E-state index < -0.39 is 6.04 Å². The first kappa shape index (κ1) is 11.1. The summed E-state index contributed by atoms with van der Waals surface area (Å²) >= 11 is 1.45. The van der Waals surface area contributed by atoms with Crippen molar-refractivity contribution in [1.29, 1.82) is 0 Å². The van der Waals surface area contributed by atoms with Crippen LogP contribution in [-0.4, -0.2) is 16.9 Å². The number of aromatic nitrogens is 1. The molecule has 14 heavy (non-hydrogen) atoms. The highest BCUT2D eigenvalue weighted by molar-refractivity contribution is 7.15. The van der Waals surface area contributed by atoms with Crippen molar-refractivity contribution in [2.45, 2.75) is 32.7 Å². The van der Waals surface area contributed by atoms with Crippen LogP contribution in [0.2, 0.25) is 0 Å². The minimum atomic E-state index is -0.427. The zero-order valence-electron chi connectivity index (χ0n) is 8.41. The maximum atomic E-state index is 11.4. The topological polar surface area (TPSA) is 68.0 Å². The van der Waals surface area contributed by atoms with Crippen molar-refractivity contribution in [3.05, 3.63) is 11.1 Å². The van der Waals surface area contributed by atoms with E-state index in [2.05, 4.69) is 10.3 Å². The number of rotatable bonds is 4. The number of nitrogens with one attached hydrogen (secondary N) is 1. The van der Waals surface area contributed by atoms with E-state index in [-0.39, 0.29) is 5.91 Å². The second-order valence-electron chi connectivity index (χ2n) is 3.16. The fraction of sp³-hybridized carbons (Fsp3) is 0.556. The molecule has 1 atom stereocenters. The molecule has 0 bridgehead atoms. The Balaban J connectivity index is 2.48. The predicted molar refractivity (Wildman–Crippen MR) is 58.4 cm³/mol. The lowest BCUT2D eigenvalue weighted by Gasteiger charge is -2.08. The number of hydrogen-bond acceptors (Lipinski definition) is 4. The van der Waals surface area contributed by atoms with Crippen molar-refractivity contribution in [3.8, 4) is 0 Å². The Morgan fingerprint density at radius 2 is 2.50 bits per heavy atom. The van der Waals surface area contributed by atoms with Gasteiger partial charge in [-0.25, -0.2) is 4.98 Å². The minimum absolute atomic E-state index is 0.152. The Hall–Kier alpha value is -0.940. The number of nitrogens with zero attached hydrogens (tertiary/aromatic N) is 1. The number of aryl methyl sites for hydroxylation is 1. The fourth-order valence-electron chi connectivity index (χ4n) is 1.05. The normalized spacial score (nSPS) is 12.5. The van der Waals surface area contributed by atoms with Crippen LogP contribution in [0.3, 0.4) is 0 Å². The number of thiazole rings is 1. The van der Waals surface area contributed by atoms with E-state index in [0.717, 1.165) is 11.3 Å². The summed E-state index contributed by atoms with van der Waals surface area (Å²) in [5.74, 6) is -0.152. The lowest BCUT2D eigenvalue weighted by Crippen LogP contribution is -2.35. The third-order valence-electron chi connectivity index (χ3n) is 1.79. The van der Waals surface area contributed by atoms with Gasteiger partial charge in [0.25, 0.3) is 0 Å². The van der Waals surface area contributed by atoms with Crippen molar-refractivity contribution >= 4 is 22.4 Å². The Labute approximate surface area is 87.5 Å². The van der Waals surface area contributed by atoms with E-state index in [1.165, 1.54) is 11.3 Å². The molecule has 0 radical (unpaired) electrons. The largest absolute Gasteiger partial charge is 0.320 e. The van der Waals surface area contributed by atoms with E-state index in [1.54, 1.807) is 6.20 Å². The van der Waals surface area contributed by atoms with Gasteiger partial charge in [-0.1, -0.05) is 13.3 Å². The summed E-state index contributed by atoms with van der Waals surface area (Å²) in [5, 5.41) is 3.31. The summed E-state index contributed by atoms with van der Waals surface area (Å²) in [4.78, 5) is 16.5. The Bertz CT molecular complexity index is 311. The smallest absolute Gasteiger partial charge is 0.243 e. The highest BCUT2D eigenvalue weighted by atomic mass is 32.1. The van der Waals surface area contributed by atoms with Crippen LogP contribution in [0.25, 0.3) is 0 Å². The summed E-state index contributed by atoms with van der Waals surface area (Å²) in [6.45, 7) is 3.94. The second-order valence-corrected chi connectivity index (χ2v) is 4.40. The van der Waals surface area contributed by atoms with Crippen molar-refractivity contribution < 1.29 is 4.79 Å². The highest BCUT2D eigenvalue weighted by Gasteiger charge is 2.13. The van der Waals surface area contributed by atoms with Gasteiger partial charge in [-0.05, 0) is 13.3 Å². The number of carbonyl (C=O) groups excluding carboxylic acids is 1. The first-order valence-corrected chi connectivity index (χ1v) is 5.44. The van der Waals surface area contributed by atoms with E-state index in [0.29, 0.717) is 11.6 Å². The number of amides is 1. The molecule has 0 aliphatic heterocycles. The quantitative estimate of drug-likeness (QED) is 0.796. The van der Waals surface area contributed by atoms with Gasteiger partial charge in [0.1, 0.15) is 0 Å². The van der Waals surface area contributed by atoms with Gasteiger partial charge in [-0.15, -0.1) is 11.3 Å². The Morgan fingerprint density at radius 1 is 1.79 bits per heavy atom. The molecule has 5 heteroatoms. The fourth-order valence-corrected chi connectivity index (χ4v) is 1.72. The molecular formula is C9H15N3OS. The van der Waals surface area contributed by atoms with Gasteiger partial charge >= 0.3 is 0 Å². The molecule has 0 spiro atoms. The summed E-state index contributed by atoms with van der Waals surface area (Å²) in [6, 6.07) is -0.427. The van der Waals surface area contributed by atoms with Crippen molar-refractivity contribution in [2.75, 3.05) is 5.32 Å². The zero-order valence-corrected chi connectivity index (χ0v) is 9.23. The van der Waals surface area contributed by atoms with Gasteiger partial charge in [0, 0.05) is 11.1 Å². The van der Waals surface area contributed by atoms with Gasteiger partial charge in [-0.2, -0.15) is 0 Å². The molecule has 0 aliphatic carbocycles. The lowest BCUT2D eigenvalue weighted by atomic mass is 10.2. The number of carbonyl (C=O) groups is 1. The van der Waals surface area contributed by atoms with Crippen LogP contribution in [0, 0.1) is 6.92 Å². The molecule has 1 amide bonds. The van der Waals surface area contributed by atoms with Gasteiger partial charge in [0.2, 0.25) is 5.91 Å². The van der Waals surface area contributed by atoms with Crippen molar-refractivity contribution in [2.24, 2.45) is 5.73 Å². The summed E-state index contributed by atoms with van der Waals surface area (Å²) < 4.78 is 0. The van der Waals surface area contributed by atoms with Crippen LogP contribution >= 0.6 is 11.3 Å². The van der Waals surface area contributed by atoms with Crippen molar-refractivity contribution in [3.63, 3.8) is 0 Å². The van der Waals surface area contributed by atoms with Crippen LogP contribution in [0.5, 0.6) is 0 Å². The average molecular weight is 213 g/mol. The SMILES string of the molecule is CCC[C@@H](N)C(=O)Nc1ncc(C)s1. The van der Waals surface area contributed by atoms with Gasteiger partial charge in [-0.3, -0.25) is 4.79 Å². The molecule has 1 rings (SSSR count). The molecule has 0 saturated heterocycles. The maximum absolute atomic E-state index is 11.4. The summed E-state index contributed by atoms with van der Waals surface area (Å²) in [5.41, 5.74) is 5.65. The Kier molecular flexibility index (Phi) is 4.03. The molecule has 0 aromatic carbocycles. The minimum Gasteiger partial charge on any atom is -0.320 e. The van der Waals surface area contributed by atoms with Gasteiger partial charge < -0.3 is 11.1 Å². The standard InChI is InChI=1S/C9H15N3OS/c1-3-4-7(10)8(13)12-9-11-5-6(2)14-9/h5,7H,3-4,10H2,1-2H3,(H,11,12,13)/t7-/m1/s1. The van der Waals surface area contributed by atoms with Crippen LogP contribution in [-0.2, 0) is 4.79 Å². The van der Waals surface area contributed by atoms with Crippen molar-refractivity contribution in [1.82, 2.24) is 4.98 Å². The number of nitrogens with two attached hydrogens (primary N) is 1. The molecule has 4 nitrogen and oxygen atoms in total. The molecule has 0 fully saturated rings. The highest BCUT2D eigenvalue weighted by Crippen LogP contribution is 2.16. The monoisotopic (exact) mass is 213 g/mol. The molecule has 1 heterocycles. The number of anilines is 1. The molecule has 0 unspecified atom stereocenters. The molecular weight excluding hydrogens is 198 g/mol. The lowest BCUT2D eigenvalue weighted by molar-refractivity contribution is -0.117. The van der Waals surface area contributed by atoms with Crippen LogP contribution in [0.15, 0.2) is 6.20 Å². The predicted octanol–water partition coefficient (Wildman–Crippen LogP) is 1.52. The second kappa shape index (κ2) is 5.07. The van der Waals surface area contributed by atoms with Crippen LogP contribution in [0.1, 0.15) is 24.6 Å². The molecule has 78 valence electrons. The molecule has 1 aromatic rings. The van der Waals surface area contributed by atoms with Crippen LogP contribution in [0.4, 0.5) is 5.13 Å². The molecule has 0 aliphatic rings. The first-order chi connectivity index (χ1) is 6.63. The third kappa shape index (κ3) is 3.08. The maximum Gasteiger partial charge on any atom is 0.243 e. The first-order valence-electron chi connectivity index (χ1n) is 4.62. The summed E-state index contributed by atoms with van der Waals surface area (Å²) in [6.07, 6.45) is 3.34. The van der Waals surface area contributed by atoms with E-state index in [1.807, 2.05) is 13.8 Å². The zero-order chi connectivity index (χ0) is 10.6. The van der Waals surface area contributed by atoms with E-state index in [4.69, 9.17) is 5.73 Å². The Morgan fingerprint density at radius 3 is 3.00 bits per heavy atom. The molecule has 0 saturated carbocycles. The van der Waals surface area contributed by atoms with E-state index >= 15 is 0 Å². The summed E-state index contributed by atoms with van der Waals surface area (Å²) in [7, 11) is 0. The molecule has 1 aromatic heterocycles. The third-order valence-corrected chi connectivity index (χ3v) is 2.62. The average Bonchev–Trinajstić information content (AvgIpc) is 2.51. The van der Waals surface area contributed by atoms with Crippen LogP contribution < -0.4 is 11.1 Å². The number of hydrogen-bond donors (Lipinski definition) is 2. The van der Waals surface area contributed by atoms with E-state index in [9.17, 15) is 4.79 Å². The molecule has 3 N–H and O–H groups in total. The van der Waals surface area contributed by atoms with Gasteiger partial charge in [0.05, 0.1) is 6.04 Å².